The van der Waals surface area contributed by atoms with Crippen molar-refractivity contribution in [3.63, 3.8) is 0 Å². The SMILES string of the molecule is C=CCC(CO[Si](C)(C)C(C)(C)C)C(C)C. The summed E-state index contributed by atoms with van der Waals surface area (Å²) in [5, 5.41) is 0.308. The van der Waals surface area contributed by atoms with Gasteiger partial charge in [0.1, 0.15) is 0 Å². The lowest BCUT2D eigenvalue weighted by Crippen LogP contribution is -2.42. The van der Waals surface area contributed by atoms with E-state index in [2.05, 4.69) is 54.3 Å². The average molecular weight is 242 g/mol. The maximum atomic E-state index is 6.26. The molecule has 0 aliphatic carbocycles. The predicted molar refractivity (Wildman–Crippen MR) is 76.3 cm³/mol. The van der Waals surface area contributed by atoms with Gasteiger partial charge in [-0.1, -0.05) is 40.7 Å². The molecule has 0 spiro atoms. The van der Waals surface area contributed by atoms with Crippen molar-refractivity contribution in [2.75, 3.05) is 6.61 Å². The number of rotatable bonds is 6. The highest BCUT2D eigenvalue weighted by Crippen LogP contribution is 2.37. The van der Waals surface area contributed by atoms with Gasteiger partial charge in [-0.3, -0.25) is 0 Å². The molecule has 0 heterocycles. The fraction of sp³-hybridized carbons (Fsp3) is 0.857. The summed E-state index contributed by atoms with van der Waals surface area (Å²) < 4.78 is 6.26. The van der Waals surface area contributed by atoms with Crippen LogP contribution in [-0.4, -0.2) is 14.9 Å². The van der Waals surface area contributed by atoms with E-state index >= 15 is 0 Å². The molecule has 0 saturated heterocycles. The van der Waals surface area contributed by atoms with E-state index in [4.69, 9.17) is 4.43 Å². The molecule has 0 fully saturated rings. The second-order valence-electron chi connectivity index (χ2n) is 6.60. The van der Waals surface area contributed by atoms with E-state index in [9.17, 15) is 0 Å². The summed E-state index contributed by atoms with van der Waals surface area (Å²) in [7, 11) is -1.58. The van der Waals surface area contributed by atoms with Gasteiger partial charge in [-0.05, 0) is 36.4 Å². The van der Waals surface area contributed by atoms with Gasteiger partial charge in [0, 0.05) is 6.61 Å². The van der Waals surface area contributed by atoms with E-state index in [0.29, 0.717) is 16.9 Å². The predicted octanol–water partition coefficient (Wildman–Crippen LogP) is 4.86. The summed E-state index contributed by atoms with van der Waals surface area (Å²) in [6, 6.07) is 0. The quantitative estimate of drug-likeness (QED) is 0.477. The standard InChI is InChI=1S/C14H30OSi/c1-9-10-13(12(2)3)11-15-16(7,8)14(4,5)6/h9,12-13H,1,10-11H2,2-8H3. The van der Waals surface area contributed by atoms with Crippen molar-refractivity contribution in [1.82, 2.24) is 0 Å². The highest BCUT2D eigenvalue weighted by atomic mass is 28.4. The molecule has 96 valence electrons. The first-order chi connectivity index (χ1) is 7.12. The van der Waals surface area contributed by atoms with Crippen molar-refractivity contribution in [3.8, 4) is 0 Å². The Kier molecular flexibility index (Phi) is 5.98. The normalized spacial score (nSPS) is 15.2. The van der Waals surface area contributed by atoms with Gasteiger partial charge in [-0.15, -0.1) is 6.58 Å². The molecule has 1 atom stereocenters. The largest absolute Gasteiger partial charge is 0.417 e. The Morgan fingerprint density at radius 1 is 1.25 bits per heavy atom. The Bertz CT molecular complexity index is 213. The Balaban J connectivity index is 4.35. The van der Waals surface area contributed by atoms with Crippen molar-refractivity contribution in [2.24, 2.45) is 11.8 Å². The van der Waals surface area contributed by atoms with Crippen molar-refractivity contribution < 1.29 is 4.43 Å². The molecule has 0 bridgehead atoms. The maximum Gasteiger partial charge on any atom is 0.191 e. The fourth-order valence-electron chi connectivity index (χ4n) is 1.28. The molecule has 0 saturated carbocycles. The van der Waals surface area contributed by atoms with Crippen molar-refractivity contribution in [1.29, 1.82) is 0 Å². The molecule has 1 unspecified atom stereocenters. The zero-order chi connectivity index (χ0) is 13.0. The maximum absolute atomic E-state index is 6.26. The molecular formula is C14H30OSi. The lowest BCUT2D eigenvalue weighted by molar-refractivity contribution is 0.194. The van der Waals surface area contributed by atoms with Gasteiger partial charge < -0.3 is 4.43 Å². The average Bonchev–Trinajstić information content (AvgIpc) is 2.09. The topological polar surface area (TPSA) is 9.23 Å². The van der Waals surface area contributed by atoms with Crippen molar-refractivity contribution in [3.05, 3.63) is 12.7 Å². The Labute approximate surface area is 103 Å². The van der Waals surface area contributed by atoms with E-state index in [-0.39, 0.29) is 0 Å². The van der Waals surface area contributed by atoms with E-state index in [1.54, 1.807) is 0 Å². The molecule has 0 aliphatic rings. The first-order valence-electron chi connectivity index (χ1n) is 6.36. The third kappa shape index (κ3) is 4.83. The van der Waals surface area contributed by atoms with E-state index in [1.165, 1.54) is 0 Å². The van der Waals surface area contributed by atoms with E-state index in [0.717, 1.165) is 13.0 Å². The van der Waals surface area contributed by atoms with Crippen LogP contribution in [0, 0.1) is 11.8 Å². The van der Waals surface area contributed by atoms with Crippen LogP contribution in [-0.2, 0) is 4.43 Å². The van der Waals surface area contributed by atoms with Crippen LogP contribution in [0.5, 0.6) is 0 Å². The molecule has 16 heavy (non-hydrogen) atoms. The van der Waals surface area contributed by atoms with Crippen LogP contribution in [0.4, 0.5) is 0 Å². The molecule has 0 rings (SSSR count). The highest BCUT2D eigenvalue weighted by Gasteiger charge is 2.37. The van der Waals surface area contributed by atoms with Gasteiger partial charge in [0.2, 0.25) is 0 Å². The molecule has 0 aromatic heterocycles. The van der Waals surface area contributed by atoms with Crippen LogP contribution >= 0.6 is 0 Å². The van der Waals surface area contributed by atoms with Gasteiger partial charge in [0.25, 0.3) is 0 Å². The van der Waals surface area contributed by atoms with Crippen LogP contribution in [0.25, 0.3) is 0 Å². The van der Waals surface area contributed by atoms with Crippen LogP contribution in [0.2, 0.25) is 18.1 Å². The Morgan fingerprint density at radius 3 is 2.06 bits per heavy atom. The molecule has 0 aromatic carbocycles. The highest BCUT2D eigenvalue weighted by molar-refractivity contribution is 6.74. The first-order valence-corrected chi connectivity index (χ1v) is 9.27. The van der Waals surface area contributed by atoms with E-state index in [1.807, 2.05) is 6.08 Å². The van der Waals surface area contributed by atoms with Gasteiger partial charge in [0.05, 0.1) is 0 Å². The number of hydrogen-bond acceptors (Lipinski definition) is 1. The monoisotopic (exact) mass is 242 g/mol. The second kappa shape index (κ2) is 6.01. The van der Waals surface area contributed by atoms with Crippen LogP contribution in [0.1, 0.15) is 41.0 Å². The molecule has 0 aromatic rings. The minimum Gasteiger partial charge on any atom is -0.417 e. The molecule has 2 heteroatoms. The molecule has 0 amide bonds. The van der Waals surface area contributed by atoms with Crippen LogP contribution in [0.3, 0.4) is 0 Å². The summed E-state index contributed by atoms with van der Waals surface area (Å²) in [5.74, 6) is 1.29. The smallest absolute Gasteiger partial charge is 0.191 e. The summed E-state index contributed by atoms with van der Waals surface area (Å²) >= 11 is 0. The van der Waals surface area contributed by atoms with Crippen molar-refractivity contribution in [2.45, 2.75) is 59.2 Å². The molecular weight excluding hydrogens is 212 g/mol. The molecule has 0 radical (unpaired) electrons. The Hall–Kier alpha value is -0.0831. The second-order valence-corrected chi connectivity index (χ2v) is 11.4. The van der Waals surface area contributed by atoms with E-state index < -0.39 is 8.32 Å². The zero-order valence-electron chi connectivity index (χ0n) is 12.3. The van der Waals surface area contributed by atoms with Crippen LogP contribution < -0.4 is 0 Å². The lowest BCUT2D eigenvalue weighted by atomic mass is 9.94. The Morgan fingerprint density at radius 2 is 1.75 bits per heavy atom. The van der Waals surface area contributed by atoms with Crippen molar-refractivity contribution >= 4 is 8.32 Å². The van der Waals surface area contributed by atoms with Gasteiger partial charge >= 0.3 is 0 Å². The minimum absolute atomic E-state index is 0.308. The molecule has 0 N–H and O–H groups in total. The zero-order valence-corrected chi connectivity index (χ0v) is 13.3. The third-order valence-electron chi connectivity index (χ3n) is 3.88. The van der Waals surface area contributed by atoms with Crippen LogP contribution in [0.15, 0.2) is 12.7 Å². The number of allylic oxidation sites excluding steroid dienone is 1. The van der Waals surface area contributed by atoms with Gasteiger partial charge in [0.15, 0.2) is 8.32 Å². The number of hydrogen-bond donors (Lipinski definition) is 0. The summed E-state index contributed by atoms with van der Waals surface area (Å²) in [4.78, 5) is 0. The third-order valence-corrected chi connectivity index (χ3v) is 8.38. The fourth-order valence-corrected chi connectivity index (χ4v) is 2.34. The molecule has 0 aliphatic heterocycles. The molecule has 1 nitrogen and oxygen atoms in total. The summed E-state index contributed by atoms with van der Waals surface area (Å²) in [6.45, 7) is 20.8. The minimum atomic E-state index is -1.58. The van der Waals surface area contributed by atoms with Gasteiger partial charge in [-0.25, -0.2) is 0 Å². The van der Waals surface area contributed by atoms with Gasteiger partial charge in [-0.2, -0.15) is 0 Å². The summed E-state index contributed by atoms with van der Waals surface area (Å²) in [5.41, 5.74) is 0. The lowest BCUT2D eigenvalue weighted by Gasteiger charge is -2.37. The summed E-state index contributed by atoms with van der Waals surface area (Å²) in [6.07, 6.45) is 3.08. The first kappa shape index (κ1) is 15.9.